The fourth-order valence-corrected chi connectivity index (χ4v) is 3.74. The summed E-state index contributed by atoms with van der Waals surface area (Å²) < 4.78 is 11.6. The Morgan fingerprint density at radius 2 is 1.90 bits per heavy atom. The average Bonchev–Trinajstić information content (AvgIpc) is 2.91. The highest BCUT2D eigenvalue weighted by atomic mass is 35.5. The monoisotopic (exact) mass is 309 g/mol. The molecule has 0 atom stereocenters. The van der Waals surface area contributed by atoms with Crippen molar-refractivity contribution < 1.29 is 9.47 Å². The lowest BCUT2D eigenvalue weighted by atomic mass is 9.89. The van der Waals surface area contributed by atoms with E-state index in [2.05, 4.69) is 31.0 Å². The average molecular weight is 310 g/mol. The fraction of sp³-hybridized carbons (Fsp3) is 0.647. The first-order valence-electron chi connectivity index (χ1n) is 7.81. The van der Waals surface area contributed by atoms with Gasteiger partial charge in [0.05, 0.1) is 13.2 Å². The maximum absolute atomic E-state index is 6.34. The number of nitrogens with zero attached hydrogens (tertiary/aromatic N) is 1. The van der Waals surface area contributed by atoms with Crippen LogP contribution in [0.15, 0.2) is 18.2 Å². The summed E-state index contributed by atoms with van der Waals surface area (Å²) in [5.74, 6) is -0.265. The molecule has 2 aliphatic rings. The Morgan fingerprint density at radius 3 is 2.52 bits per heavy atom. The Balaban J connectivity index is 1.57. The van der Waals surface area contributed by atoms with Gasteiger partial charge in [0.15, 0.2) is 5.79 Å². The zero-order chi connectivity index (χ0) is 14.9. The summed E-state index contributed by atoms with van der Waals surface area (Å²) in [4.78, 5) is 2.42. The lowest BCUT2D eigenvalue weighted by Gasteiger charge is -2.39. The second-order valence-electron chi connectivity index (χ2n) is 6.35. The van der Waals surface area contributed by atoms with Crippen molar-refractivity contribution >= 4 is 11.6 Å². The molecule has 3 rings (SSSR count). The molecule has 2 fully saturated rings. The second-order valence-corrected chi connectivity index (χ2v) is 6.76. The standard InChI is InChI=1S/C17H24ClNO2/c1-13-3-4-14(16(18)11-13)12-19(2)15-5-7-17(8-6-15)20-9-10-21-17/h3-4,11,15H,5-10,12H2,1-2H3. The maximum Gasteiger partial charge on any atom is 0.168 e. The van der Waals surface area contributed by atoms with E-state index in [1.807, 2.05) is 6.07 Å². The van der Waals surface area contributed by atoms with Crippen LogP contribution in [0, 0.1) is 6.92 Å². The van der Waals surface area contributed by atoms with Gasteiger partial charge in [-0.05, 0) is 44.0 Å². The van der Waals surface area contributed by atoms with E-state index in [1.54, 1.807) is 0 Å². The predicted octanol–water partition coefficient (Wildman–Crippen LogP) is 3.77. The first-order chi connectivity index (χ1) is 10.1. The van der Waals surface area contributed by atoms with Crippen LogP contribution in [-0.2, 0) is 16.0 Å². The Morgan fingerprint density at radius 1 is 1.24 bits per heavy atom. The first kappa shape index (κ1) is 15.3. The number of hydrogen-bond donors (Lipinski definition) is 0. The molecule has 1 saturated heterocycles. The Hall–Kier alpha value is -0.610. The zero-order valence-corrected chi connectivity index (χ0v) is 13.7. The van der Waals surface area contributed by atoms with Gasteiger partial charge in [-0.1, -0.05) is 23.7 Å². The number of hydrogen-bond acceptors (Lipinski definition) is 3. The second kappa shape index (κ2) is 6.25. The molecule has 4 heteroatoms. The largest absolute Gasteiger partial charge is 0.348 e. The van der Waals surface area contributed by atoms with Crippen molar-refractivity contribution in [2.45, 2.75) is 51.0 Å². The molecule has 116 valence electrons. The van der Waals surface area contributed by atoms with Gasteiger partial charge < -0.3 is 9.47 Å². The third-order valence-corrected chi connectivity index (χ3v) is 5.13. The van der Waals surface area contributed by atoms with Crippen LogP contribution < -0.4 is 0 Å². The molecule has 0 aromatic heterocycles. The molecule has 0 unspecified atom stereocenters. The summed E-state index contributed by atoms with van der Waals surface area (Å²) in [7, 11) is 2.19. The minimum atomic E-state index is -0.265. The van der Waals surface area contributed by atoms with Crippen LogP contribution >= 0.6 is 11.6 Å². The van der Waals surface area contributed by atoms with Crippen molar-refractivity contribution in [1.29, 1.82) is 0 Å². The molecule has 3 nitrogen and oxygen atoms in total. The van der Waals surface area contributed by atoms with Crippen molar-refractivity contribution in [2.75, 3.05) is 20.3 Å². The smallest absolute Gasteiger partial charge is 0.168 e. The van der Waals surface area contributed by atoms with Gasteiger partial charge >= 0.3 is 0 Å². The lowest BCUT2D eigenvalue weighted by Crippen LogP contribution is -2.42. The van der Waals surface area contributed by atoms with Crippen LogP contribution in [0.3, 0.4) is 0 Å². The quantitative estimate of drug-likeness (QED) is 0.848. The summed E-state index contributed by atoms with van der Waals surface area (Å²) in [6, 6.07) is 6.90. The SMILES string of the molecule is Cc1ccc(CN(C)C2CCC3(CC2)OCCO3)c(Cl)c1. The van der Waals surface area contributed by atoms with Crippen LogP contribution in [0.5, 0.6) is 0 Å². The topological polar surface area (TPSA) is 21.7 Å². The normalized spacial score (nSPS) is 22.3. The van der Waals surface area contributed by atoms with Crippen molar-refractivity contribution in [1.82, 2.24) is 4.90 Å². The van der Waals surface area contributed by atoms with E-state index in [4.69, 9.17) is 21.1 Å². The molecule has 1 aromatic rings. The molecule has 1 spiro atoms. The summed E-state index contributed by atoms with van der Waals surface area (Å²) in [5.41, 5.74) is 2.42. The minimum Gasteiger partial charge on any atom is -0.348 e. The summed E-state index contributed by atoms with van der Waals surface area (Å²) in [6.45, 7) is 4.47. The van der Waals surface area contributed by atoms with Crippen LogP contribution in [0.2, 0.25) is 5.02 Å². The van der Waals surface area contributed by atoms with Crippen molar-refractivity contribution in [2.24, 2.45) is 0 Å². The van der Waals surface area contributed by atoms with Gasteiger partial charge in [0.1, 0.15) is 0 Å². The van der Waals surface area contributed by atoms with Gasteiger partial charge in [-0.25, -0.2) is 0 Å². The maximum atomic E-state index is 6.34. The third-order valence-electron chi connectivity index (χ3n) is 4.78. The molecule has 1 aliphatic carbocycles. The summed E-state index contributed by atoms with van der Waals surface area (Å²) in [5, 5.41) is 0.872. The predicted molar refractivity (Wildman–Crippen MR) is 84.5 cm³/mol. The number of rotatable bonds is 3. The number of halogens is 1. The number of benzene rings is 1. The van der Waals surface area contributed by atoms with Crippen LogP contribution in [0.25, 0.3) is 0 Å². The van der Waals surface area contributed by atoms with Crippen LogP contribution in [-0.4, -0.2) is 37.0 Å². The van der Waals surface area contributed by atoms with E-state index >= 15 is 0 Å². The van der Waals surface area contributed by atoms with E-state index < -0.39 is 0 Å². The van der Waals surface area contributed by atoms with Gasteiger partial charge in [0.25, 0.3) is 0 Å². The first-order valence-corrected chi connectivity index (χ1v) is 8.19. The van der Waals surface area contributed by atoms with Gasteiger partial charge in [-0.2, -0.15) is 0 Å². The molecule has 0 radical (unpaired) electrons. The van der Waals surface area contributed by atoms with E-state index in [0.717, 1.165) is 50.5 Å². The Bertz CT molecular complexity index is 490. The molecule has 0 bridgehead atoms. The van der Waals surface area contributed by atoms with E-state index in [1.165, 1.54) is 11.1 Å². The minimum absolute atomic E-state index is 0.265. The van der Waals surface area contributed by atoms with Gasteiger partial charge in [0.2, 0.25) is 0 Å². The van der Waals surface area contributed by atoms with Crippen molar-refractivity contribution in [3.63, 3.8) is 0 Å². The highest BCUT2D eigenvalue weighted by molar-refractivity contribution is 6.31. The number of aryl methyl sites for hydroxylation is 1. The Kier molecular flexibility index (Phi) is 4.55. The number of ether oxygens (including phenoxy) is 2. The molecule has 1 saturated carbocycles. The Labute approximate surface area is 132 Å². The summed E-state index contributed by atoms with van der Waals surface area (Å²) >= 11 is 6.34. The van der Waals surface area contributed by atoms with Crippen LogP contribution in [0.4, 0.5) is 0 Å². The van der Waals surface area contributed by atoms with E-state index in [0.29, 0.717) is 6.04 Å². The molecular formula is C17H24ClNO2. The molecule has 1 heterocycles. The van der Waals surface area contributed by atoms with Crippen molar-refractivity contribution in [3.8, 4) is 0 Å². The lowest BCUT2D eigenvalue weighted by molar-refractivity contribution is -0.183. The summed E-state index contributed by atoms with van der Waals surface area (Å²) in [6.07, 6.45) is 4.26. The fourth-order valence-electron chi connectivity index (χ4n) is 3.45. The van der Waals surface area contributed by atoms with Gasteiger partial charge in [0, 0.05) is 30.5 Å². The molecule has 21 heavy (non-hydrogen) atoms. The third kappa shape index (κ3) is 3.42. The van der Waals surface area contributed by atoms with Gasteiger partial charge in [-0.3, -0.25) is 4.90 Å². The van der Waals surface area contributed by atoms with Crippen LogP contribution in [0.1, 0.15) is 36.8 Å². The molecule has 0 N–H and O–H groups in total. The van der Waals surface area contributed by atoms with E-state index in [-0.39, 0.29) is 5.79 Å². The van der Waals surface area contributed by atoms with E-state index in [9.17, 15) is 0 Å². The molecule has 1 aliphatic heterocycles. The zero-order valence-electron chi connectivity index (χ0n) is 12.9. The highest BCUT2D eigenvalue weighted by Crippen LogP contribution is 2.37. The molecule has 0 amide bonds. The van der Waals surface area contributed by atoms with Gasteiger partial charge in [-0.15, -0.1) is 0 Å². The van der Waals surface area contributed by atoms with Crippen molar-refractivity contribution in [3.05, 3.63) is 34.3 Å². The highest BCUT2D eigenvalue weighted by Gasteiger charge is 2.41. The molecular weight excluding hydrogens is 286 g/mol. The molecule has 1 aromatic carbocycles.